The Balaban J connectivity index is 1.54. The summed E-state index contributed by atoms with van der Waals surface area (Å²) in [6, 6.07) is 21.5. The average Bonchev–Trinajstić information content (AvgIpc) is 3.10. The molecular formula is C30H26F3N3O2. The van der Waals surface area contributed by atoms with Crippen molar-refractivity contribution in [3.63, 3.8) is 0 Å². The van der Waals surface area contributed by atoms with Gasteiger partial charge in [0.05, 0.1) is 22.9 Å². The minimum atomic E-state index is -4.80. The van der Waals surface area contributed by atoms with Crippen LogP contribution in [0.5, 0.6) is 0 Å². The molecule has 1 aliphatic heterocycles. The maximum atomic E-state index is 13.9. The Morgan fingerprint density at radius 3 is 2.18 bits per heavy atom. The van der Waals surface area contributed by atoms with Gasteiger partial charge in [-0.05, 0) is 54.2 Å². The van der Waals surface area contributed by atoms with E-state index < -0.39 is 34.8 Å². The third kappa shape index (κ3) is 4.53. The van der Waals surface area contributed by atoms with Crippen molar-refractivity contribution in [2.75, 3.05) is 4.90 Å². The number of amides is 3. The highest BCUT2D eigenvalue weighted by Gasteiger charge is 2.57. The Morgan fingerprint density at radius 1 is 0.868 bits per heavy atom. The van der Waals surface area contributed by atoms with Gasteiger partial charge in [-0.1, -0.05) is 73.9 Å². The smallest absolute Gasteiger partial charge is 0.305 e. The number of imide groups is 1. The number of nitrogens with zero attached hydrogens (tertiary/aromatic N) is 3. The molecule has 0 atom stereocenters. The van der Waals surface area contributed by atoms with Crippen LogP contribution in [0.15, 0.2) is 72.8 Å². The van der Waals surface area contributed by atoms with E-state index in [0.717, 1.165) is 53.0 Å². The normalized spacial score (nSPS) is 17.2. The van der Waals surface area contributed by atoms with Gasteiger partial charge in [0, 0.05) is 6.54 Å². The first-order chi connectivity index (χ1) is 18.2. The van der Waals surface area contributed by atoms with Gasteiger partial charge < -0.3 is 4.90 Å². The van der Waals surface area contributed by atoms with Crippen LogP contribution in [0.25, 0.3) is 0 Å². The summed E-state index contributed by atoms with van der Waals surface area (Å²) >= 11 is 0. The Morgan fingerprint density at radius 2 is 1.53 bits per heavy atom. The predicted molar refractivity (Wildman–Crippen MR) is 136 cm³/mol. The molecule has 0 N–H and O–H groups in total. The van der Waals surface area contributed by atoms with Crippen LogP contribution in [0.3, 0.4) is 0 Å². The molecule has 5 rings (SSSR count). The van der Waals surface area contributed by atoms with E-state index in [1.165, 1.54) is 6.07 Å². The summed E-state index contributed by atoms with van der Waals surface area (Å²) < 4.78 is 41.0. The van der Waals surface area contributed by atoms with E-state index in [9.17, 15) is 28.0 Å². The third-order valence-electron chi connectivity index (χ3n) is 7.59. The fourth-order valence-corrected chi connectivity index (χ4v) is 5.66. The first kappa shape index (κ1) is 25.5. The average molecular weight is 518 g/mol. The lowest BCUT2D eigenvalue weighted by Crippen LogP contribution is -2.50. The lowest BCUT2D eigenvalue weighted by molar-refractivity contribution is -0.137. The largest absolute Gasteiger partial charge is 0.417 e. The molecule has 3 aromatic carbocycles. The Bertz CT molecular complexity index is 1410. The number of carbonyl (C=O) groups is 2. The van der Waals surface area contributed by atoms with Crippen molar-refractivity contribution >= 4 is 17.6 Å². The second-order valence-corrected chi connectivity index (χ2v) is 9.87. The molecule has 1 heterocycles. The number of urea groups is 1. The van der Waals surface area contributed by atoms with E-state index in [1.54, 1.807) is 11.0 Å². The van der Waals surface area contributed by atoms with Crippen molar-refractivity contribution in [2.24, 2.45) is 0 Å². The van der Waals surface area contributed by atoms with E-state index >= 15 is 0 Å². The van der Waals surface area contributed by atoms with Crippen molar-refractivity contribution in [1.82, 2.24) is 4.90 Å². The number of benzene rings is 3. The summed E-state index contributed by atoms with van der Waals surface area (Å²) in [6.45, 7) is 0.173. The third-order valence-corrected chi connectivity index (χ3v) is 7.59. The van der Waals surface area contributed by atoms with Crippen molar-refractivity contribution in [1.29, 1.82) is 5.26 Å². The highest BCUT2D eigenvalue weighted by atomic mass is 19.4. The van der Waals surface area contributed by atoms with Gasteiger partial charge in [-0.2, -0.15) is 18.4 Å². The molecule has 2 aliphatic rings. The number of rotatable bonds is 5. The second kappa shape index (κ2) is 9.97. The van der Waals surface area contributed by atoms with Crippen LogP contribution in [0.4, 0.5) is 23.7 Å². The van der Waals surface area contributed by atoms with Crippen LogP contribution >= 0.6 is 0 Å². The molecule has 8 heteroatoms. The van der Waals surface area contributed by atoms with E-state index in [-0.39, 0.29) is 12.2 Å². The number of nitriles is 1. The molecule has 1 spiro atoms. The maximum absolute atomic E-state index is 13.9. The summed E-state index contributed by atoms with van der Waals surface area (Å²) in [6.07, 6.45) is -0.822. The lowest BCUT2D eigenvalue weighted by atomic mass is 9.80. The van der Waals surface area contributed by atoms with Gasteiger partial charge in [-0.3, -0.25) is 4.79 Å². The van der Waals surface area contributed by atoms with Gasteiger partial charge in [0.1, 0.15) is 5.54 Å². The Labute approximate surface area is 219 Å². The van der Waals surface area contributed by atoms with Gasteiger partial charge in [0.15, 0.2) is 0 Å². The molecule has 1 saturated heterocycles. The minimum Gasteiger partial charge on any atom is -0.305 e. The number of halogens is 3. The predicted octanol–water partition coefficient (Wildman–Crippen LogP) is 6.84. The van der Waals surface area contributed by atoms with Crippen molar-refractivity contribution in [3.05, 3.63) is 101 Å². The Hall–Kier alpha value is -4.12. The van der Waals surface area contributed by atoms with Crippen molar-refractivity contribution in [3.8, 4) is 6.07 Å². The molecule has 0 aromatic heterocycles. The quantitative estimate of drug-likeness (QED) is 0.348. The molecule has 2 fully saturated rings. The number of hydrogen-bond donors (Lipinski definition) is 0. The van der Waals surface area contributed by atoms with E-state index in [1.807, 2.05) is 54.6 Å². The minimum absolute atomic E-state index is 0.170. The summed E-state index contributed by atoms with van der Waals surface area (Å²) in [5, 5.41) is 9.17. The highest BCUT2D eigenvalue weighted by molar-refractivity contribution is 6.23. The Kier molecular flexibility index (Phi) is 6.70. The lowest BCUT2D eigenvalue weighted by Gasteiger charge is -2.38. The van der Waals surface area contributed by atoms with E-state index in [4.69, 9.17) is 0 Å². The standard InChI is InChI=1S/C30H26F3N3O2/c31-30(32,33)26-18-25(14-13-23(26)19-34)36-27(37)29(15-7-2-8-16-29)35(28(36)38)20-24-12-6-5-11-22(24)17-21-9-3-1-4-10-21/h1,3-6,9-14,18H,2,7-8,15-17,20H2. The monoisotopic (exact) mass is 517 g/mol. The van der Waals surface area contributed by atoms with Crippen molar-refractivity contribution in [2.45, 2.75) is 56.8 Å². The molecule has 38 heavy (non-hydrogen) atoms. The fourth-order valence-electron chi connectivity index (χ4n) is 5.66. The number of carbonyl (C=O) groups excluding carboxylic acids is 2. The van der Waals surface area contributed by atoms with Crippen LogP contribution in [0.2, 0.25) is 0 Å². The zero-order valence-corrected chi connectivity index (χ0v) is 20.7. The first-order valence-corrected chi connectivity index (χ1v) is 12.6. The number of anilines is 1. The van der Waals surface area contributed by atoms with Gasteiger partial charge in [-0.25, -0.2) is 9.69 Å². The zero-order chi connectivity index (χ0) is 26.9. The number of hydrogen-bond acceptors (Lipinski definition) is 3. The van der Waals surface area contributed by atoms with E-state index in [0.29, 0.717) is 19.3 Å². The topological polar surface area (TPSA) is 64.4 Å². The molecule has 0 unspecified atom stereocenters. The van der Waals surface area contributed by atoms with Gasteiger partial charge in [-0.15, -0.1) is 0 Å². The molecule has 5 nitrogen and oxygen atoms in total. The van der Waals surface area contributed by atoms with Gasteiger partial charge >= 0.3 is 12.2 Å². The molecule has 1 saturated carbocycles. The highest BCUT2D eigenvalue weighted by Crippen LogP contribution is 2.44. The maximum Gasteiger partial charge on any atom is 0.417 e. The van der Waals surface area contributed by atoms with Crippen molar-refractivity contribution < 1.29 is 22.8 Å². The van der Waals surface area contributed by atoms with Gasteiger partial charge in [0.2, 0.25) is 0 Å². The molecule has 1 aliphatic carbocycles. The van der Waals surface area contributed by atoms with Crippen LogP contribution in [0.1, 0.15) is 59.9 Å². The summed E-state index contributed by atoms with van der Waals surface area (Å²) in [4.78, 5) is 30.2. The fraction of sp³-hybridized carbons (Fsp3) is 0.300. The molecular weight excluding hydrogens is 491 g/mol. The second-order valence-electron chi connectivity index (χ2n) is 9.87. The van der Waals surface area contributed by atoms with Gasteiger partial charge in [0.25, 0.3) is 5.91 Å². The molecule has 194 valence electrons. The molecule has 3 aromatic rings. The van der Waals surface area contributed by atoms with Crippen LogP contribution < -0.4 is 4.90 Å². The summed E-state index contributed by atoms with van der Waals surface area (Å²) in [5.74, 6) is -0.499. The molecule has 3 amide bonds. The van der Waals surface area contributed by atoms with Crippen LogP contribution in [0, 0.1) is 11.3 Å². The summed E-state index contributed by atoms with van der Waals surface area (Å²) in [7, 11) is 0. The summed E-state index contributed by atoms with van der Waals surface area (Å²) in [5.41, 5.74) is 0.0102. The van der Waals surface area contributed by atoms with E-state index in [2.05, 4.69) is 0 Å². The zero-order valence-electron chi connectivity index (χ0n) is 20.7. The first-order valence-electron chi connectivity index (χ1n) is 12.6. The molecule has 0 radical (unpaired) electrons. The molecule has 0 bridgehead atoms. The van der Waals surface area contributed by atoms with Crippen LogP contribution in [-0.2, 0) is 23.9 Å². The number of alkyl halides is 3. The van der Waals surface area contributed by atoms with Crippen LogP contribution in [-0.4, -0.2) is 22.4 Å². The SMILES string of the molecule is N#Cc1ccc(N2C(=O)N(Cc3ccccc3Cc3ccccc3)C3(CCCCC3)C2=O)cc1C(F)(F)F.